The second-order valence-corrected chi connectivity index (χ2v) is 3.79. The standard InChI is InChI=1S/C9H18N2/c1-2-11-6-5-10-9(7-11)8-3-4-8/h8-10H,2-7H2,1H3. The van der Waals surface area contributed by atoms with E-state index >= 15 is 0 Å². The Morgan fingerprint density at radius 3 is 2.91 bits per heavy atom. The number of hydrogen-bond acceptors (Lipinski definition) is 2. The molecule has 0 aromatic carbocycles. The van der Waals surface area contributed by atoms with Crippen LogP contribution in [0.1, 0.15) is 19.8 Å². The van der Waals surface area contributed by atoms with Crippen LogP contribution in [0.5, 0.6) is 0 Å². The zero-order chi connectivity index (χ0) is 7.68. The van der Waals surface area contributed by atoms with E-state index in [9.17, 15) is 0 Å². The van der Waals surface area contributed by atoms with Crippen LogP contribution in [-0.4, -0.2) is 37.1 Å². The van der Waals surface area contributed by atoms with Crippen LogP contribution in [0.2, 0.25) is 0 Å². The van der Waals surface area contributed by atoms with Crippen molar-refractivity contribution in [1.29, 1.82) is 0 Å². The average Bonchev–Trinajstić information content (AvgIpc) is 2.87. The van der Waals surface area contributed by atoms with Crippen molar-refractivity contribution in [3.63, 3.8) is 0 Å². The highest BCUT2D eigenvalue weighted by molar-refractivity contribution is 4.90. The molecule has 1 N–H and O–H groups in total. The lowest BCUT2D eigenvalue weighted by molar-refractivity contribution is 0.197. The normalized spacial score (nSPS) is 34.1. The average molecular weight is 154 g/mol. The van der Waals surface area contributed by atoms with E-state index in [-0.39, 0.29) is 0 Å². The van der Waals surface area contributed by atoms with Crippen molar-refractivity contribution < 1.29 is 0 Å². The smallest absolute Gasteiger partial charge is 0.0223 e. The summed E-state index contributed by atoms with van der Waals surface area (Å²) in [4.78, 5) is 2.56. The van der Waals surface area contributed by atoms with Gasteiger partial charge < -0.3 is 10.2 Å². The van der Waals surface area contributed by atoms with Crippen LogP contribution in [0.4, 0.5) is 0 Å². The van der Waals surface area contributed by atoms with E-state index in [1.165, 1.54) is 39.0 Å². The maximum Gasteiger partial charge on any atom is 0.0223 e. The van der Waals surface area contributed by atoms with Gasteiger partial charge in [0.15, 0.2) is 0 Å². The molecule has 64 valence electrons. The molecule has 0 radical (unpaired) electrons. The topological polar surface area (TPSA) is 15.3 Å². The number of piperazine rings is 1. The van der Waals surface area contributed by atoms with Crippen LogP contribution >= 0.6 is 0 Å². The van der Waals surface area contributed by atoms with Gasteiger partial charge in [0.2, 0.25) is 0 Å². The third-order valence-corrected chi connectivity index (χ3v) is 2.93. The first kappa shape index (κ1) is 7.56. The van der Waals surface area contributed by atoms with Crippen LogP contribution in [0.3, 0.4) is 0 Å². The molecule has 11 heavy (non-hydrogen) atoms. The Morgan fingerprint density at radius 1 is 1.45 bits per heavy atom. The van der Waals surface area contributed by atoms with Crippen molar-refractivity contribution in [3.05, 3.63) is 0 Å². The molecule has 0 spiro atoms. The van der Waals surface area contributed by atoms with Crippen molar-refractivity contribution in [2.45, 2.75) is 25.8 Å². The first-order valence-electron chi connectivity index (χ1n) is 4.86. The molecule has 2 aliphatic rings. The summed E-state index contributed by atoms with van der Waals surface area (Å²) in [5.41, 5.74) is 0. The Labute approximate surface area is 69.0 Å². The fourth-order valence-electron chi connectivity index (χ4n) is 1.94. The molecule has 1 saturated heterocycles. The predicted molar refractivity (Wildman–Crippen MR) is 46.6 cm³/mol. The molecule has 1 heterocycles. The van der Waals surface area contributed by atoms with Gasteiger partial charge in [-0.05, 0) is 25.3 Å². The third kappa shape index (κ3) is 1.74. The Kier molecular flexibility index (Phi) is 2.14. The molecule has 1 saturated carbocycles. The first-order chi connectivity index (χ1) is 5.40. The minimum atomic E-state index is 0.823. The summed E-state index contributed by atoms with van der Waals surface area (Å²) in [7, 11) is 0. The lowest BCUT2D eigenvalue weighted by atomic mass is 10.1. The molecular formula is C9H18N2. The van der Waals surface area contributed by atoms with Gasteiger partial charge >= 0.3 is 0 Å². The summed E-state index contributed by atoms with van der Waals surface area (Å²) in [6, 6.07) is 0.823. The summed E-state index contributed by atoms with van der Waals surface area (Å²) in [5, 5.41) is 3.60. The SMILES string of the molecule is CCN1CCNC(C2CC2)C1. The molecule has 2 rings (SSSR count). The molecule has 2 fully saturated rings. The molecule has 1 unspecified atom stereocenters. The molecule has 0 amide bonds. The van der Waals surface area contributed by atoms with Gasteiger partial charge in [-0.2, -0.15) is 0 Å². The second-order valence-electron chi connectivity index (χ2n) is 3.79. The molecule has 0 aromatic heterocycles. The summed E-state index contributed by atoms with van der Waals surface area (Å²) >= 11 is 0. The van der Waals surface area contributed by atoms with Gasteiger partial charge in [-0.1, -0.05) is 6.92 Å². The molecule has 0 aromatic rings. The number of hydrogen-bond donors (Lipinski definition) is 1. The van der Waals surface area contributed by atoms with Crippen molar-refractivity contribution in [3.8, 4) is 0 Å². The number of rotatable bonds is 2. The molecule has 0 bridgehead atoms. The maximum absolute atomic E-state index is 3.60. The van der Waals surface area contributed by atoms with E-state index in [0.29, 0.717) is 0 Å². The van der Waals surface area contributed by atoms with Gasteiger partial charge in [0.05, 0.1) is 0 Å². The highest BCUT2D eigenvalue weighted by atomic mass is 15.2. The van der Waals surface area contributed by atoms with E-state index in [4.69, 9.17) is 0 Å². The summed E-state index contributed by atoms with van der Waals surface area (Å²) in [5.74, 6) is 1.02. The summed E-state index contributed by atoms with van der Waals surface area (Å²) in [6.45, 7) is 7.23. The van der Waals surface area contributed by atoms with Gasteiger partial charge in [0.1, 0.15) is 0 Å². The zero-order valence-electron chi connectivity index (χ0n) is 7.34. The first-order valence-corrected chi connectivity index (χ1v) is 4.86. The lowest BCUT2D eigenvalue weighted by Gasteiger charge is -2.32. The van der Waals surface area contributed by atoms with Crippen molar-refractivity contribution in [2.24, 2.45) is 5.92 Å². The Bertz CT molecular complexity index is 132. The van der Waals surface area contributed by atoms with Crippen molar-refractivity contribution in [2.75, 3.05) is 26.2 Å². The highest BCUT2D eigenvalue weighted by Gasteiger charge is 2.33. The minimum absolute atomic E-state index is 0.823. The van der Waals surface area contributed by atoms with Gasteiger partial charge in [0.25, 0.3) is 0 Å². The van der Waals surface area contributed by atoms with E-state index in [1.54, 1.807) is 0 Å². The van der Waals surface area contributed by atoms with E-state index in [1.807, 2.05) is 0 Å². The Hall–Kier alpha value is -0.0800. The fraction of sp³-hybridized carbons (Fsp3) is 1.00. The van der Waals surface area contributed by atoms with Gasteiger partial charge in [-0.25, -0.2) is 0 Å². The van der Waals surface area contributed by atoms with Crippen molar-refractivity contribution in [1.82, 2.24) is 10.2 Å². The van der Waals surface area contributed by atoms with E-state index < -0.39 is 0 Å². The Morgan fingerprint density at radius 2 is 2.27 bits per heavy atom. The van der Waals surface area contributed by atoms with Gasteiger partial charge in [0, 0.05) is 25.7 Å². The maximum atomic E-state index is 3.60. The number of nitrogens with one attached hydrogen (secondary N) is 1. The van der Waals surface area contributed by atoms with Crippen LogP contribution in [-0.2, 0) is 0 Å². The largest absolute Gasteiger partial charge is 0.311 e. The van der Waals surface area contributed by atoms with Crippen LogP contribution in [0.25, 0.3) is 0 Å². The second kappa shape index (κ2) is 3.11. The van der Waals surface area contributed by atoms with Crippen LogP contribution < -0.4 is 5.32 Å². The highest BCUT2D eigenvalue weighted by Crippen LogP contribution is 2.33. The quantitative estimate of drug-likeness (QED) is 0.629. The summed E-state index contributed by atoms with van der Waals surface area (Å²) in [6.07, 6.45) is 2.93. The predicted octanol–water partition coefficient (Wildman–Crippen LogP) is 0.690. The molecule has 1 atom stereocenters. The molecule has 1 aliphatic heterocycles. The monoisotopic (exact) mass is 154 g/mol. The number of likely N-dealkylation sites (N-methyl/N-ethyl adjacent to an activating group) is 1. The molecule has 2 nitrogen and oxygen atoms in total. The Balaban J connectivity index is 1.82. The van der Waals surface area contributed by atoms with Crippen molar-refractivity contribution >= 4 is 0 Å². The molecule has 2 heteroatoms. The number of nitrogens with zero attached hydrogens (tertiary/aromatic N) is 1. The van der Waals surface area contributed by atoms with E-state index in [0.717, 1.165) is 12.0 Å². The third-order valence-electron chi connectivity index (χ3n) is 2.93. The van der Waals surface area contributed by atoms with E-state index in [2.05, 4.69) is 17.1 Å². The van der Waals surface area contributed by atoms with Gasteiger partial charge in [-0.3, -0.25) is 0 Å². The van der Waals surface area contributed by atoms with Gasteiger partial charge in [-0.15, -0.1) is 0 Å². The fourth-order valence-corrected chi connectivity index (χ4v) is 1.94. The van der Waals surface area contributed by atoms with Crippen LogP contribution in [0.15, 0.2) is 0 Å². The van der Waals surface area contributed by atoms with Crippen LogP contribution in [0, 0.1) is 5.92 Å². The minimum Gasteiger partial charge on any atom is -0.311 e. The summed E-state index contributed by atoms with van der Waals surface area (Å²) < 4.78 is 0. The zero-order valence-corrected chi connectivity index (χ0v) is 7.34. The molecule has 1 aliphatic carbocycles. The molecular weight excluding hydrogens is 136 g/mol. The lowest BCUT2D eigenvalue weighted by Crippen LogP contribution is -2.51.